The van der Waals surface area contributed by atoms with Crippen LogP contribution in [0.5, 0.6) is 11.5 Å². The molecule has 0 aromatic heterocycles. The molecule has 2 fully saturated rings. The number of esters is 2. The number of nitrogens with zero attached hydrogens (tertiary/aromatic N) is 2. The van der Waals surface area contributed by atoms with Gasteiger partial charge in [-0.15, -0.1) is 0 Å². The topological polar surface area (TPSA) is 170 Å². The lowest BCUT2D eigenvalue weighted by atomic mass is 10.0. The summed E-state index contributed by atoms with van der Waals surface area (Å²) in [4.78, 5) is 83.7. The van der Waals surface area contributed by atoms with Crippen LogP contribution in [0, 0.1) is 0 Å². The van der Waals surface area contributed by atoms with Crippen molar-refractivity contribution in [3.05, 3.63) is 227 Å². The minimum absolute atomic E-state index is 0.0143. The molecule has 0 saturated carbocycles. The highest BCUT2D eigenvalue weighted by Crippen LogP contribution is 2.38. The number of hydrogen-bond acceptors (Lipinski definition) is 12. The molecule has 4 atom stereocenters. The maximum atomic E-state index is 16.4. The van der Waals surface area contributed by atoms with E-state index in [2.05, 4.69) is 10.6 Å². The summed E-state index contributed by atoms with van der Waals surface area (Å²) in [6, 6.07) is 49.2. The fourth-order valence-electron chi connectivity index (χ4n) is 8.25. The smallest absolute Gasteiger partial charge is 0.356 e. The van der Waals surface area contributed by atoms with Crippen molar-refractivity contribution >= 4 is 57.2 Å². The Hall–Kier alpha value is -8.22. The molecule has 6 aromatic rings. The number of alkyl halides is 2. The number of rotatable bonds is 23. The summed E-state index contributed by atoms with van der Waals surface area (Å²) < 4.78 is 56.0. The number of amides is 4. The monoisotopic (exact) mass is 1070 g/mol. The van der Waals surface area contributed by atoms with E-state index in [1.54, 1.807) is 182 Å². The number of carbonyl (C=O) groups excluding carboxylic acids is 6. The van der Waals surface area contributed by atoms with Crippen LogP contribution in [0.3, 0.4) is 0 Å². The lowest BCUT2D eigenvalue weighted by Crippen LogP contribution is -2.69. The van der Waals surface area contributed by atoms with E-state index in [1.165, 1.54) is 13.8 Å². The molecule has 8 rings (SSSR count). The summed E-state index contributed by atoms with van der Waals surface area (Å²) in [7, 11) is 2.31. The lowest BCUT2D eigenvalue weighted by molar-refractivity contribution is -0.165. The Morgan fingerprint density at radius 3 is 1.03 bits per heavy atom. The van der Waals surface area contributed by atoms with Crippen molar-refractivity contribution in [1.29, 1.82) is 0 Å². The zero-order chi connectivity index (χ0) is 53.6. The second-order valence-electron chi connectivity index (χ2n) is 17.5. The predicted octanol–water partition coefficient (Wildman–Crippen LogP) is 8.98. The van der Waals surface area contributed by atoms with Crippen LogP contribution in [0.1, 0.15) is 48.3 Å². The number of benzene rings is 6. The van der Waals surface area contributed by atoms with E-state index in [0.717, 1.165) is 21.6 Å². The third kappa shape index (κ3) is 13.2. The Labute approximate surface area is 445 Å². The molecule has 390 valence electrons. The van der Waals surface area contributed by atoms with Gasteiger partial charge in [0.25, 0.3) is 23.6 Å². The number of carbonyl (C=O) groups is 6. The van der Waals surface area contributed by atoms with E-state index in [0.29, 0.717) is 43.6 Å². The van der Waals surface area contributed by atoms with Crippen molar-refractivity contribution in [3.63, 3.8) is 0 Å². The molecular weight excluding hydrogens is 1010 g/mol. The molecule has 76 heavy (non-hydrogen) atoms. The van der Waals surface area contributed by atoms with Crippen LogP contribution in [-0.4, -0.2) is 94.8 Å². The summed E-state index contributed by atoms with van der Waals surface area (Å²) in [5, 5.41) is 4.73. The van der Waals surface area contributed by atoms with Gasteiger partial charge in [-0.25, -0.2) is 18.4 Å². The zero-order valence-corrected chi connectivity index (χ0v) is 42.8. The normalized spacial score (nSPS) is 17.6. The van der Waals surface area contributed by atoms with Crippen LogP contribution in [-0.2, 0) is 38.2 Å². The summed E-state index contributed by atoms with van der Waals surface area (Å²) in [6.45, 7) is 2.08. The van der Waals surface area contributed by atoms with E-state index in [9.17, 15) is 28.8 Å². The lowest BCUT2D eigenvalue weighted by Gasteiger charge is -2.43. The van der Waals surface area contributed by atoms with Crippen molar-refractivity contribution in [1.82, 2.24) is 20.4 Å². The fourth-order valence-corrected chi connectivity index (χ4v) is 10.6. The maximum Gasteiger partial charge on any atom is 0.356 e. The molecule has 0 spiro atoms. The number of para-hydroxylation sites is 2. The van der Waals surface area contributed by atoms with Gasteiger partial charge in [0.05, 0.1) is 0 Å². The Morgan fingerprint density at radius 2 is 0.750 bits per heavy atom. The fraction of sp³-hybridized carbons (Fsp3) is 0.207. The molecule has 18 heteroatoms. The number of nitrogens with one attached hydrogen (secondary N) is 2. The number of hydrogen-bond donors (Lipinski definition) is 2. The van der Waals surface area contributed by atoms with Crippen molar-refractivity contribution < 1.29 is 56.5 Å². The van der Waals surface area contributed by atoms with Crippen molar-refractivity contribution in [2.24, 2.45) is 0 Å². The van der Waals surface area contributed by atoms with Crippen LogP contribution in [0.2, 0.25) is 0 Å². The van der Waals surface area contributed by atoms with E-state index in [4.69, 9.17) is 18.9 Å². The molecule has 6 aromatic carbocycles. The van der Waals surface area contributed by atoms with Crippen molar-refractivity contribution in [2.45, 2.75) is 50.7 Å². The molecule has 14 nitrogen and oxygen atoms in total. The highest BCUT2D eigenvalue weighted by Gasteiger charge is 2.54. The quantitative estimate of drug-likeness (QED) is 0.0156. The molecule has 0 bridgehead atoms. The molecule has 0 radical (unpaired) electrons. The first kappa shape index (κ1) is 54.1. The molecule has 2 aliphatic heterocycles. The first-order chi connectivity index (χ1) is 36.9. The Balaban J connectivity index is 1.03. The highest BCUT2D eigenvalue weighted by molar-refractivity contribution is 8.76. The van der Waals surface area contributed by atoms with Gasteiger partial charge in [0.1, 0.15) is 22.9 Å². The first-order valence-corrected chi connectivity index (χ1v) is 26.5. The Kier molecular flexibility index (Phi) is 18.4. The van der Waals surface area contributed by atoms with Gasteiger partial charge in [-0.3, -0.25) is 29.0 Å². The standard InChI is InChI=1S/C58H52F2N4O10S2/c1-37(49(57(69)73-51(39-21-9-3-10-22-39)40-23-11-4-12-24-40)63-53(59)47(55(63)67)61-45(65)33-71-43-29-17-7-18-30-43)35-75-76-36-38(2)50(58(70)74-52(41-25-13-5-14-26-41)42-27-15-6-16-28-42)64-54(60)48(56(64)68)62-46(66)34-72-44-31-19-8-20-32-44/h3-32,47-48,51-54H,33-36H2,1-2H3,(H,61,65)(H,62,66)/b49-37+,50-38+/t47-,48-,53+,54+/m0/s1. The third-order valence-corrected chi connectivity index (χ3v) is 14.6. The van der Waals surface area contributed by atoms with Gasteiger partial charge < -0.3 is 29.6 Å². The maximum absolute atomic E-state index is 16.4. The largest absolute Gasteiger partial charge is 0.484 e. The third-order valence-electron chi connectivity index (χ3n) is 12.1. The van der Waals surface area contributed by atoms with Crippen molar-refractivity contribution in [3.8, 4) is 11.5 Å². The van der Waals surface area contributed by atoms with E-state index >= 15 is 8.78 Å². The summed E-state index contributed by atoms with van der Waals surface area (Å²) in [5.41, 5.74) is 2.11. The molecule has 2 aliphatic rings. The van der Waals surface area contributed by atoms with Gasteiger partial charge in [0.2, 0.25) is 12.6 Å². The minimum atomic E-state index is -2.17. The van der Waals surface area contributed by atoms with Crippen LogP contribution in [0.15, 0.2) is 205 Å². The molecule has 2 N–H and O–H groups in total. The van der Waals surface area contributed by atoms with Gasteiger partial charge in [0.15, 0.2) is 37.5 Å². The SMILES string of the molecule is C/C(CSSC/C(C)=C(\C(=O)OC(c1ccccc1)c1ccccc1)N1C(=O)[C@@H](NC(=O)COc2ccccc2)[C@@H]1F)=C(/C(=O)OC(c1ccccc1)c1ccccc1)N1C(=O)[C@@H](NC(=O)COc2ccccc2)[C@@H]1F. The summed E-state index contributed by atoms with van der Waals surface area (Å²) in [6.07, 6.45) is -6.27. The molecule has 0 unspecified atom stereocenters. The Bertz CT molecular complexity index is 2770. The average molecular weight is 1070 g/mol. The van der Waals surface area contributed by atoms with E-state index in [1.807, 2.05) is 0 Å². The minimum Gasteiger partial charge on any atom is -0.484 e. The average Bonchev–Trinajstić information content (AvgIpc) is 3.46. The summed E-state index contributed by atoms with van der Waals surface area (Å²) in [5.74, 6) is -4.59. The molecular formula is C58H52F2N4O10S2. The highest BCUT2D eigenvalue weighted by atomic mass is 33.1. The second-order valence-corrected chi connectivity index (χ2v) is 19.9. The second kappa shape index (κ2) is 25.8. The number of likely N-dealkylation sites (tertiary alicyclic amines) is 2. The van der Waals surface area contributed by atoms with E-state index < -0.39 is 85.7 Å². The van der Waals surface area contributed by atoms with Gasteiger partial charge in [-0.2, -0.15) is 0 Å². The molecule has 2 saturated heterocycles. The molecule has 2 heterocycles. The first-order valence-electron chi connectivity index (χ1n) is 24.0. The van der Waals surface area contributed by atoms with E-state index in [-0.39, 0.29) is 34.0 Å². The van der Waals surface area contributed by atoms with Crippen LogP contribution in [0.4, 0.5) is 8.78 Å². The number of β-lactam (4-membered cyclic amide) rings is 2. The van der Waals surface area contributed by atoms with Crippen LogP contribution < -0.4 is 20.1 Å². The van der Waals surface area contributed by atoms with Gasteiger partial charge in [-0.1, -0.05) is 179 Å². The van der Waals surface area contributed by atoms with Crippen LogP contribution >= 0.6 is 21.6 Å². The number of halogens is 2. The summed E-state index contributed by atoms with van der Waals surface area (Å²) >= 11 is 0. The molecule has 0 aliphatic carbocycles. The van der Waals surface area contributed by atoms with Crippen molar-refractivity contribution in [2.75, 3.05) is 24.7 Å². The van der Waals surface area contributed by atoms with Gasteiger partial charge in [0, 0.05) is 11.5 Å². The zero-order valence-electron chi connectivity index (χ0n) is 41.2. The Morgan fingerprint density at radius 1 is 0.474 bits per heavy atom. The predicted molar refractivity (Wildman–Crippen MR) is 283 cm³/mol. The molecule has 4 amide bonds. The van der Waals surface area contributed by atoms with Crippen LogP contribution in [0.25, 0.3) is 0 Å². The van der Waals surface area contributed by atoms with Gasteiger partial charge in [-0.05, 0) is 71.5 Å². The number of ether oxygens (including phenoxy) is 4. The van der Waals surface area contributed by atoms with Gasteiger partial charge >= 0.3 is 11.9 Å².